The van der Waals surface area contributed by atoms with Gasteiger partial charge < -0.3 is 10.1 Å². The summed E-state index contributed by atoms with van der Waals surface area (Å²) in [6, 6.07) is 14.8. The van der Waals surface area contributed by atoms with Crippen LogP contribution in [0.15, 0.2) is 59.5 Å². The van der Waals surface area contributed by atoms with Gasteiger partial charge in [0.05, 0.1) is 27.9 Å². The maximum Gasteiger partial charge on any atom is 0.262 e. The Morgan fingerprint density at radius 2 is 1.79 bits per heavy atom. The van der Waals surface area contributed by atoms with Crippen LogP contribution < -0.4 is 14.8 Å². The summed E-state index contributed by atoms with van der Waals surface area (Å²) in [6.45, 7) is 3.69. The average Bonchev–Trinajstić information content (AvgIpc) is 2.64. The molecule has 0 saturated carbocycles. The van der Waals surface area contributed by atoms with E-state index in [1.165, 1.54) is 31.2 Å². The number of halogens is 1. The van der Waals surface area contributed by atoms with E-state index < -0.39 is 10.0 Å². The number of hydrogen-bond donors (Lipinski definition) is 2. The lowest BCUT2D eigenvalue weighted by Crippen LogP contribution is -2.14. The Bertz CT molecular complexity index is 1150. The second-order valence-corrected chi connectivity index (χ2v) is 8.08. The lowest BCUT2D eigenvalue weighted by atomic mass is 10.1. The maximum absolute atomic E-state index is 13.0. The second kappa shape index (κ2) is 8.08. The number of hydrogen-bond acceptors (Lipinski definition) is 4. The van der Waals surface area contributed by atoms with Gasteiger partial charge in [-0.25, -0.2) is 8.42 Å². The zero-order valence-corrected chi connectivity index (χ0v) is 16.9. The molecule has 1 amide bonds. The highest BCUT2D eigenvalue weighted by atomic mass is 35.5. The van der Waals surface area contributed by atoms with Crippen molar-refractivity contribution in [1.82, 2.24) is 0 Å². The van der Waals surface area contributed by atoms with E-state index in [1.54, 1.807) is 18.2 Å². The molecule has 0 saturated heterocycles. The first-order valence-electron chi connectivity index (χ1n) is 8.56. The fourth-order valence-corrected chi connectivity index (χ4v) is 4.27. The van der Waals surface area contributed by atoms with Crippen LogP contribution in [0.3, 0.4) is 0 Å². The van der Waals surface area contributed by atoms with Crippen molar-refractivity contribution in [3.63, 3.8) is 0 Å². The molecule has 2 N–H and O–H groups in total. The average molecular weight is 419 g/mol. The predicted octanol–water partition coefficient (Wildman–Crippen LogP) is 4.65. The van der Waals surface area contributed by atoms with Gasteiger partial charge in [-0.15, -0.1) is 0 Å². The van der Waals surface area contributed by atoms with Gasteiger partial charge in [-0.3, -0.25) is 9.52 Å². The highest BCUT2D eigenvalue weighted by Crippen LogP contribution is 2.33. The fourth-order valence-electron chi connectivity index (χ4n) is 2.84. The number of ether oxygens (including phenoxy) is 1. The SMILES string of the molecule is CCOc1ccc(S(=O)(=O)Nc2ccc(Cl)c(NC(C)=O)c2)c2ccccc12. The van der Waals surface area contributed by atoms with Crippen molar-refractivity contribution in [2.75, 3.05) is 16.6 Å². The van der Waals surface area contributed by atoms with Crippen molar-refractivity contribution < 1.29 is 17.9 Å². The van der Waals surface area contributed by atoms with E-state index in [4.69, 9.17) is 16.3 Å². The summed E-state index contributed by atoms with van der Waals surface area (Å²) < 4.78 is 34.2. The van der Waals surface area contributed by atoms with E-state index >= 15 is 0 Å². The van der Waals surface area contributed by atoms with Crippen molar-refractivity contribution in [1.29, 1.82) is 0 Å². The van der Waals surface area contributed by atoms with Crippen LogP contribution in [0.1, 0.15) is 13.8 Å². The van der Waals surface area contributed by atoms with Crippen LogP contribution in [0, 0.1) is 0 Å². The van der Waals surface area contributed by atoms with Crippen LogP contribution in [0.2, 0.25) is 5.02 Å². The van der Waals surface area contributed by atoms with Gasteiger partial charge in [0.15, 0.2) is 0 Å². The van der Waals surface area contributed by atoms with Gasteiger partial charge in [0.25, 0.3) is 10.0 Å². The quantitative estimate of drug-likeness (QED) is 0.610. The molecule has 0 atom stereocenters. The molecule has 0 unspecified atom stereocenters. The van der Waals surface area contributed by atoms with E-state index in [1.807, 2.05) is 19.1 Å². The smallest absolute Gasteiger partial charge is 0.262 e. The third-order valence-corrected chi connectivity index (χ3v) is 5.73. The molecule has 0 spiro atoms. The molecule has 146 valence electrons. The number of carbonyl (C=O) groups is 1. The van der Waals surface area contributed by atoms with Crippen molar-refractivity contribution in [2.24, 2.45) is 0 Å². The van der Waals surface area contributed by atoms with Crippen LogP contribution in [0.25, 0.3) is 10.8 Å². The Labute approximate surface area is 168 Å². The normalized spacial score (nSPS) is 11.2. The largest absolute Gasteiger partial charge is 0.493 e. The number of sulfonamides is 1. The number of anilines is 2. The summed E-state index contributed by atoms with van der Waals surface area (Å²) in [5.41, 5.74) is 0.608. The lowest BCUT2D eigenvalue weighted by Gasteiger charge is -2.14. The summed E-state index contributed by atoms with van der Waals surface area (Å²) in [7, 11) is -3.89. The minimum absolute atomic E-state index is 0.127. The summed E-state index contributed by atoms with van der Waals surface area (Å²) in [6.07, 6.45) is 0. The molecule has 0 aromatic heterocycles. The van der Waals surface area contributed by atoms with Crippen LogP contribution in [0.4, 0.5) is 11.4 Å². The molecular weight excluding hydrogens is 400 g/mol. The van der Waals surface area contributed by atoms with E-state index in [2.05, 4.69) is 10.0 Å². The highest BCUT2D eigenvalue weighted by Gasteiger charge is 2.20. The number of amides is 1. The molecule has 6 nitrogen and oxygen atoms in total. The van der Waals surface area contributed by atoms with Gasteiger partial charge in [-0.2, -0.15) is 0 Å². The summed E-state index contributed by atoms with van der Waals surface area (Å²) in [5.74, 6) is 0.316. The topological polar surface area (TPSA) is 84.5 Å². The van der Waals surface area contributed by atoms with Gasteiger partial charge in [0.1, 0.15) is 5.75 Å². The second-order valence-electron chi connectivity index (χ2n) is 6.02. The van der Waals surface area contributed by atoms with E-state index in [9.17, 15) is 13.2 Å². The molecule has 3 aromatic rings. The first-order valence-corrected chi connectivity index (χ1v) is 10.4. The number of nitrogens with one attached hydrogen (secondary N) is 2. The Kier molecular flexibility index (Phi) is 5.76. The minimum Gasteiger partial charge on any atom is -0.493 e. The van der Waals surface area contributed by atoms with Crippen molar-refractivity contribution in [2.45, 2.75) is 18.7 Å². The molecule has 28 heavy (non-hydrogen) atoms. The molecule has 3 aromatic carbocycles. The third-order valence-electron chi connectivity index (χ3n) is 3.96. The molecule has 0 aliphatic rings. The Morgan fingerprint density at radius 1 is 1.07 bits per heavy atom. The van der Waals surface area contributed by atoms with Gasteiger partial charge in [-0.1, -0.05) is 35.9 Å². The molecule has 0 aliphatic carbocycles. The van der Waals surface area contributed by atoms with Crippen molar-refractivity contribution in [3.05, 3.63) is 59.6 Å². The minimum atomic E-state index is -3.89. The Balaban J connectivity index is 2.03. The predicted molar refractivity (Wildman–Crippen MR) is 112 cm³/mol. The number of benzene rings is 3. The molecule has 0 radical (unpaired) electrons. The summed E-state index contributed by atoms with van der Waals surface area (Å²) in [4.78, 5) is 11.4. The number of rotatable bonds is 6. The van der Waals surface area contributed by atoms with E-state index in [0.29, 0.717) is 33.8 Å². The van der Waals surface area contributed by atoms with Crippen molar-refractivity contribution >= 4 is 49.7 Å². The zero-order valence-electron chi connectivity index (χ0n) is 15.3. The van der Waals surface area contributed by atoms with Gasteiger partial charge in [0, 0.05) is 17.7 Å². The molecule has 0 bridgehead atoms. The first-order chi connectivity index (χ1) is 13.3. The fraction of sp³-hybridized carbons (Fsp3) is 0.150. The van der Waals surface area contributed by atoms with Gasteiger partial charge in [-0.05, 0) is 37.3 Å². The molecule has 0 heterocycles. The molecular formula is C20H19ClN2O4S. The zero-order chi connectivity index (χ0) is 20.3. The maximum atomic E-state index is 13.0. The Hall–Kier alpha value is -2.77. The summed E-state index contributed by atoms with van der Waals surface area (Å²) >= 11 is 6.05. The Morgan fingerprint density at radius 3 is 2.46 bits per heavy atom. The first kappa shape index (κ1) is 20.0. The number of carbonyl (C=O) groups excluding carboxylic acids is 1. The van der Waals surface area contributed by atoms with Crippen LogP contribution in [-0.4, -0.2) is 20.9 Å². The summed E-state index contributed by atoms with van der Waals surface area (Å²) in [5, 5.41) is 4.14. The van der Waals surface area contributed by atoms with E-state index in [-0.39, 0.29) is 16.5 Å². The van der Waals surface area contributed by atoms with Crippen LogP contribution >= 0.6 is 11.6 Å². The molecule has 0 fully saturated rings. The monoisotopic (exact) mass is 418 g/mol. The number of fused-ring (bicyclic) bond motifs is 1. The van der Waals surface area contributed by atoms with Gasteiger partial charge in [0.2, 0.25) is 5.91 Å². The highest BCUT2D eigenvalue weighted by molar-refractivity contribution is 7.93. The van der Waals surface area contributed by atoms with Crippen LogP contribution in [-0.2, 0) is 14.8 Å². The molecule has 3 rings (SSSR count). The van der Waals surface area contributed by atoms with Crippen molar-refractivity contribution in [3.8, 4) is 5.75 Å². The van der Waals surface area contributed by atoms with Crippen LogP contribution in [0.5, 0.6) is 5.75 Å². The van der Waals surface area contributed by atoms with E-state index in [0.717, 1.165) is 0 Å². The standard InChI is InChI=1S/C20H19ClN2O4S/c1-3-27-19-10-11-20(16-7-5-4-6-15(16)19)28(25,26)23-14-8-9-17(21)18(12-14)22-13(2)24/h4-12,23H,3H2,1-2H3,(H,22,24). The molecule has 8 heteroatoms. The van der Waals surface area contributed by atoms with Gasteiger partial charge >= 0.3 is 0 Å². The molecule has 0 aliphatic heterocycles. The third kappa shape index (κ3) is 4.21. The lowest BCUT2D eigenvalue weighted by molar-refractivity contribution is -0.114.